The molecular weight excluding hydrogens is 372 g/mol. The van der Waals surface area contributed by atoms with E-state index in [1.54, 1.807) is 17.4 Å². The highest BCUT2D eigenvalue weighted by Crippen LogP contribution is 2.23. The molecule has 0 spiro atoms. The van der Waals surface area contributed by atoms with Gasteiger partial charge in [0.25, 0.3) is 5.91 Å². The van der Waals surface area contributed by atoms with E-state index < -0.39 is 0 Å². The van der Waals surface area contributed by atoms with E-state index in [9.17, 15) is 9.59 Å². The number of imidazole rings is 1. The molecule has 0 fully saturated rings. The normalized spacial score (nSPS) is 11.1. The Balaban J connectivity index is 1.43. The number of hydrogen-bond donors (Lipinski definition) is 2. The van der Waals surface area contributed by atoms with Gasteiger partial charge in [-0.05, 0) is 18.2 Å². The predicted octanol–water partition coefficient (Wildman–Crippen LogP) is 4.16. The number of anilines is 1. The number of H-pyrrole nitrogens is 1. The lowest BCUT2D eigenvalue weighted by Crippen LogP contribution is -2.16. The molecule has 5 aromatic rings. The number of benzene rings is 2. The third-order valence-corrected chi connectivity index (χ3v) is 5.30. The average Bonchev–Trinajstić information content (AvgIpc) is 3.30. The molecule has 0 atom stereocenters. The number of carbonyl (C=O) groups is 1. The summed E-state index contributed by atoms with van der Waals surface area (Å²) < 4.78 is 1.98. The van der Waals surface area contributed by atoms with Crippen molar-refractivity contribution in [1.82, 2.24) is 14.4 Å². The summed E-state index contributed by atoms with van der Waals surface area (Å²) in [6, 6.07) is 16.1. The van der Waals surface area contributed by atoms with Gasteiger partial charge in [0.05, 0.1) is 11.3 Å². The first-order valence-electron chi connectivity index (χ1n) is 8.63. The largest absolute Gasteiger partial charge is 0.322 e. The second-order valence-electron chi connectivity index (χ2n) is 6.34. The average molecular weight is 386 g/mol. The molecule has 28 heavy (non-hydrogen) atoms. The SMILES string of the molecule is O=C(Nc1ccc(-c2cn3ccsc3n2)cc1)c1cc(=O)[nH]c2ccccc12. The van der Waals surface area contributed by atoms with Crippen LogP contribution in [0.1, 0.15) is 10.4 Å². The van der Waals surface area contributed by atoms with Gasteiger partial charge in [-0.2, -0.15) is 0 Å². The van der Waals surface area contributed by atoms with Crippen molar-refractivity contribution in [2.45, 2.75) is 0 Å². The third-order valence-electron chi connectivity index (χ3n) is 4.53. The van der Waals surface area contributed by atoms with Crippen molar-refractivity contribution < 1.29 is 4.79 Å². The highest BCUT2D eigenvalue weighted by molar-refractivity contribution is 7.15. The lowest BCUT2D eigenvalue weighted by Gasteiger charge is -2.08. The van der Waals surface area contributed by atoms with Gasteiger partial charge < -0.3 is 10.3 Å². The van der Waals surface area contributed by atoms with E-state index in [1.165, 1.54) is 6.07 Å². The highest BCUT2D eigenvalue weighted by atomic mass is 32.1. The first-order chi connectivity index (χ1) is 13.7. The Labute approximate surface area is 163 Å². The van der Waals surface area contributed by atoms with Crippen molar-refractivity contribution >= 4 is 38.8 Å². The number of hydrogen-bond acceptors (Lipinski definition) is 4. The Bertz CT molecular complexity index is 1350. The van der Waals surface area contributed by atoms with Crippen LogP contribution in [0.3, 0.4) is 0 Å². The number of carbonyl (C=O) groups excluding carboxylic acids is 1. The molecule has 0 aliphatic carbocycles. The number of nitrogens with one attached hydrogen (secondary N) is 2. The number of pyridine rings is 1. The van der Waals surface area contributed by atoms with E-state index in [1.807, 2.05) is 64.6 Å². The molecule has 136 valence electrons. The molecule has 0 bridgehead atoms. The van der Waals surface area contributed by atoms with Crippen molar-refractivity contribution in [3.05, 3.63) is 88.3 Å². The fraction of sp³-hybridized carbons (Fsp3) is 0. The van der Waals surface area contributed by atoms with Crippen molar-refractivity contribution in [2.75, 3.05) is 5.32 Å². The molecule has 5 rings (SSSR count). The lowest BCUT2D eigenvalue weighted by atomic mass is 10.1. The molecule has 1 amide bonds. The molecule has 0 saturated heterocycles. The van der Waals surface area contributed by atoms with Crippen LogP contribution in [0.15, 0.2) is 77.2 Å². The number of rotatable bonds is 3. The minimum atomic E-state index is -0.322. The van der Waals surface area contributed by atoms with E-state index in [0.29, 0.717) is 22.2 Å². The number of fused-ring (bicyclic) bond motifs is 2. The van der Waals surface area contributed by atoms with Gasteiger partial charge in [0.2, 0.25) is 5.56 Å². The summed E-state index contributed by atoms with van der Waals surface area (Å²) >= 11 is 1.58. The van der Waals surface area contributed by atoms with Crippen molar-refractivity contribution in [3.8, 4) is 11.3 Å². The third kappa shape index (κ3) is 2.87. The summed E-state index contributed by atoms with van der Waals surface area (Å²) in [5, 5.41) is 5.55. The molecule has 0 aliphatic heterocycles. The minimum absolute atomic E-state index is 0.307. The summed E-state index contributed by atoms with van der Waals surface area (Å²) in [4.78, 5) is 32.9. The fourth-order valence-corrected chi connectivity index (χ4v) is 3.88. The monoisotopic (exact) mass is 386 g/mol. The Kier molecular flexibility index (Phi) is 3.80. The lowest BCUT2D eigenvalue weighted by molar-refractivity contribution is 0.102. The van der Waals surface area contributed by atoms with Crippen LogP contribution in [0.25, 0.3) is 27.1 Å². The van der Waals surface area contributed by atoms with Gasteiger partial charge in [-0.3, -0.25) is 14.0 Å². The predicted molar refractivity (Wildman–Crippen MR) is 111 cm³/mol. The molecule has 0 radical (unpaired) electrons. The maximum atomic E-state index is 12.7. The van der Waals surface area contributed by atoms with Crippen LogP contribution in [0, 0.1) is 0 Å². The Hall–Kier alpha value is -3.71. The number of amides is 1. The molecule has 0 saturated carbocycles. The van der Waals surface area contributed by atoms with E-state index >= 15 is 0 Å². The minimum Gasteiger partial charge on any atom is -0.322 e. The summed E-state index contributed by atoms with van der Waals surface area (Å²) in [7, 11) is 0. The van der Waals surface area contributed by atoms with Crippen molar-refractivity contribution in [1.29, 1.82) is 0 Å². The first kappa shape index (κ1) is 16.5. The summed E-state index contributed by atoms with van der Waals surface area (Å²) in [5.74, 6) is -0.322. The summed E-state index contributed by atoms with van der Waals surface area (Å²) in [5.41, 5.74) is 3.17. The molecule has 6 nitrogen and oxygen atoms in total. The topological polar surface area (TPSA) is 79.3 Å². The molecule has 7 heteroatoms. The Morgan fingerprint density at radius 2 is 1.93 bits per heavy atom. The molecule has 2 N–H and O–H groups in total. The molecular formula is C21H14N4O2S. The van der Waals surface area contributed by atoms with Crippen LogP contribution in [0.5, 0.6) is 0 Å². The summed E-state index contributed by atoms with van der Waals surface area (Å²) in [6.45, 7) is 0. The van der Waals surface area contributed by atoms with E-state index in [2.05, 4.69) is 15.3 Å². The summed E-state index contributed by atoms with van der Waals surface area (Å²) in [6.07, 6.45) is 3.94. The zero-order valence-corrected chi connectivity index (χ0v) is 15.4. The van der Waals surface area contributed by atoms with Gasteiger partial charge in [-0.25, -0.2) is 4.98 Å². The van der Waals surface area contributed by atoms with E-state index in [0.717, 1.165) is 16.2 Å². The number of nitrogens with zero attached hydrogens (tertiary/aromatic N) is 2. The zero-order chi connectivity index (χ0) is 19.1. The standard InChI is InChI=1S/C21H14N4O2S/c26-19-11-16(15-3-1-2-4-17(15)23-19)20(27)22-14-7-5-13(6-8-14)18-12-25-9-10-28-21(25)24-18/h1-12H,(H,22,27)(H,23,26). The molecule has 3 aromatic heterocycles. The van der Waals surface area contributed by atoms with E-state index in [-0.39, 0.29) is 11.5 Å². The second kappa shape index (κ2) is 6.47. The van der Waals surface area contributed by atoms with Crippen LogP contribution >= 0.6 is 11.3 Å². The van der Waals surface area contributed by atoms with Gasteiger partial charge in [-0.15, -0.1) is 11.3 Å². The fourth-order valence-electron chi connectivity index (χ4n) is 3.18. The molecule has 3 heterocycles. The zero-order valence-electron chi connectivity index (χ0n) is 14.5. The van der Waals surface area contributed by atoms with Crippen molar-refractivity contribution in [2.24, 2.45) is 0 Å². The quantitative estimate of drug-likeness (QED) is 0.489. The van der Waals surface area contributed by atoms with Crippen LogP contribution < -0.4 is 10.9 Å². The Morgan fingerprint density at radius 1 is 1.11 bits per heavy atom. The van der Waals surface area contributed by atoms with Crippen LogP contribution in [-0.2, 0) is 0 Å². The molecule has 0 unspecified atom stereocenters. The number of para-hydroxylation sites is 1. The van der Waals surface area contributed by atoms with Gasteiger partial charge in [0.15, 0.2) is 4.96 Å². The maximum Gasteiger partial charge on any atom is 0.256 e. The van der Waals surface area contributed by atoms with E-state index in [4.69, 9.17) is 0 Å². The van der Waals surface area contributed by atoms with Gasteiger partial charge >= 0.3 is 0 Å². The smallest absolute Gasteiger partial charge is 0.256 e. The van der Waals surface area contributed by atoms with Gasteiger partial charge in [0, 0.05) is 46.0 Å². The van der Waals surface area contributed by atoms with Crippen molar-refractivity contribution in [3.63, 3.8) is 0 Å². The number of aromatic nitrogens is 3. The van der Waals surface area contributed by atoms with Crippen LogP contribution in [0.4, 0.5) is 5.69 Å². The molecule has 2 aromatic carbocycles. The van der Waals surface area contributed by atoms with Gasteiger partial charge in [0.1, 0.15) is 0 Å². The highest BCUT2D eigenvalue weighted by Gasteiger charge is 2.12. The maximum absolute atomic E-state index is 12.7. The van der Waals surface area contributed by atoms with Crippen LogP contribution in [0.2, 0.25) is 0 Å². The second-order valence-corrected chi connectivity index (χ2v) is 7.22. The molecule has 0 aliphatic rings. The number of aromatic amines is 1. The van der Waals surface area contributed by atoms with Crippen LogP contribution in [-0.4, -0.2) is 20.3 Å². The number of thiazole rings is 1. The first-order valence-corrected chi connectivity index (χ1v) is 9.51. The van der Waals surface area contributed by atoms with Gasteiger partial charge in [-0.1, -0.05) is 30.3 Å². The Morgan fingerprint density at radius 3 is 2.75 bits per heavy atom.